The maximum Gasteiger partial charge on any atom is 0.253 e. The zero-order chi connectivity index (χ0) is 21.9. The molecule has 3 heterocycles. The largest absolute Gasteiger partial charge is 0.349 e. The highest BCUT2D eigenvalue weighted by Crippen LogP contribution is 2.28. The number of nitrogens with one attached hydrogen (secondary N) is 1. The van der Waals surface area contributed by atoms with Crippen molar-refractivity contribution < 1.29 is 9.18 Å². The van der Waals surface area contributed by atoms with Crippen molar-refractivity contribution in [3.8, 4) is 11.3 Å². The molecule has 5 nitrogen and oxygen atoms in total. The molecule has 1 aliphatic heterocycles. The van der Waals surface area contributed by atoms with Crippen molar-refractivity contribution in [3.63, 3.8) is 0 Å². The molecule has 2 aliphatic rings. The van der Waals surface area contributed by atoms with Gasteiger partial charge in [-0.05, 0) is 62.8 Å². The van der Waals surface area contributed by atoms with Gasteiger partial charge in [-0.3, -0.25) is 14.7 Å². The fourth-order valence-electron chi connectivity index (χ4n) is 4.52. The predicted molar refractivity (Wildman–Crippen MR) is 124 cm³/mol. The van der Waals surface area contributed by atoms with E-state index in [-0.39, 0.29) is 17.8 Å². The number of aryl methyl sites for hydroxylation is 2. The van der Waals surface area contributed by atoms with Crippen LogP contribution in [0.1, 0.15) is 51.6 Å². The van der Waals surface area contributed by atoms with Crippen molar-refractivity contribution in [2.24, 2.45) is 0 Å². The van der Waals surface area contributed by atoms with Gasteiger partial charge < -0.3 is 5.32 Å². The number of amides is 1. The van der Waals surface area contributed by atoms with Crippen LogP contribution in [0.25, 0.3) is 11.3 Å². The number of carbonyl (C=O) groups excluding carboxylic acids is 1. The summed E-state index contributed by atoms with van der Waals surface area (Å²) >= 11 is 1.89. The van der Waals surface area contributed by atoms with Gasteiger partial charge in [0.1, 0.15) is 10.8 Å². The standard InChI is InChI=1S/C25H27FN4OS/c26-19-5-3-4-17(14-19)21-9-8-18(15-27-21)25(31)28-20-10-12-30(13-11-20)16-24-29-22-6-1-2-7-23(22)32-24/h3-5,8-9,14-15,20H,1-2,6-7,10-13,16H2,(H,28,31). The van der Waals surface area contributed by atoms with E-state index in [1.807, 2.05) is 11.3 Å². The Morgan fingerprint density at radius 2 is 2.00 bits per heavy atom. The van der Waals surface area contributed by atoms with Crippen LogP contribution in [-0.2, 0) is 19.4 Å². The van der Waals surface area contributed by atoms with Crippen molar-refractivity contribution in [2.75, 3.05) is 13.1 Å². The summed E-state index contributed by atoms with van der Waals surface area (Å²) in [5, 5.41) is 4.39. The first-order valence-corrected chi connectivity index (χ1v) is 12.2. The van der Waals surface area contributed by atoms with E-state index in [2.05, 4.69) is 15.2 Å². The first-order chi connectivity index (χ1) is 15.6. The van der Waals surface area contributed by atoms with Crippen LogP contribution in [0, 0.1) is 5.82 Å². The van der Waals surface area contributed by atoms with Gasteiger partial charge in [0, 0.05) is 35.8 Å². The summed E-state index contributed by atoms with van der Waals surface area (Å²) in [6, 6.07) is 9.99. The lowest BCUT2D eigenvalue weighted by atomic mass is 10.0. The van der Waals surface area contributed by atoms with Gasteiger partial charge in [-0.15, -0.1) is 11.3 Å². The molecule has 5 rings (SSSR count). The number of rotatable bonds is 5. The molecule has 0 atom stereocenters. The smallest absolute Gasteiger partial charge is 0.253 e. The second-order valence-electron chi connectivity index (χ2n) is 8.65. The van der Waals surface area contributed by atoms with Gasteiger partial charge in [0.05, 0.1) is 23.5 Å². The molecule has 0 bridgehead atoms. The molecule has 2 aromatic heterocycles. The van der Waals surface area contributed by atoms with Gasteiger partial charge in [-0.2, -0.15) is 0 Å². The van der Waals surface area contributed by atoms with Crippen LogP contribution in [0.5, 0.6) is 0 Å². The summed E-state index contributed by atoms with van der Waals surface area (Å²) in [5.74, 6) is -0.402. The van der Waals surface area contributed by atoms with E-state index < -0.39 is 0 Å². The lowest BCUT2D eigenvalue weighted by Crippen LogP contribution is -2.44. The Hall–Kier alpha value is -2.64. The quantitative estimate of drug-likeness (QED) is 0.616. The summed E-state index contributed by atoms with van der Waals surface area (Å²) in [7, 11) is 0. The Labute approximate surface area is 191 Å². The summed E-state index contributed by atoms with van der Waals surface area (Å²) in [6.45, 7) is 2.85. The summed E-state index contributed by atoms with van der Waals surface area (Å²) in [4.78, 5) is 25.8. The first kappa shape index (κ1) is 21.2. The summed E-state index contributed by atoms with van der Waals surface area (Å²) in [6.07, 6.45) is 8.33. The fourth-order valence-corrected chi connectivity index (χ4v) is 5.71. The minimum Gasteiger partial charge on any atom is -0.349 e. The molecule has 1 fully saturated rings. The zero-order valence-electron chi connectivity index (χ0n) is 18.0. The number of hydrogen-bond acceptors (Lipinski definition) is 5. The molecule has 7 heteroatoms. The Bertz CT molecular complexity index is 1070. The van der Waals surface area contributed by atoms with E-state index in [9.17, 15) is 9.18 Å². The Morgan fingerprint density at radius 3 is 2.75 bits per heavy atom. The van der Waals surface area contributed by atoms with Crippen molar-refractivity contribution in [1.82, 2.24) is 20.2 Å². The van der Waals surface area contributed by atoms with Gasteiger partial charge in [-0.25, -0.2) is 9.37 Å². The minimum absolute atomic E-state index is 0.102. The van der Waals surface area contributed by atoms with Crippen LogP contribution < -0.4 is 5.32 Å². The average Bonchev–Trinajstić information content (AvgIpc) is 3.23. The third-order valence-electron chi connectivity index (χ3n) is 6.32. The number of nitrogens with zero attached hydrogens (tertiary/aromatic N) is 3. The van der Waals surface area contributed by atoms with Crippen LogP contribution in [0.3, 0.4) is 0 Å². The molecule has 1 amide bonds. The van der Waals surface area contributed by atoms with Gasteiger partial charge >= 0.3 is 0 Å². The lowest BCUT2D eigenvalue weighted by Gasteiger charge is -2.31. The number of aromatic nitrogens is 2. The van der Waals surface area contributed by atoms with Crippen molar-refractivity contribution in [2.45, 2.75) is 51.1 Å². The fraction of sp³-hybridized carbons (Fsp3) is 0.400. The molecule has 0 radical (unpaired) electrons. The van der Waals surface area contributed by atoms with E-state index in [0.717, 1.165) is 38.9 Å². The molecule has 1 N–H and O–H groups in total. The summed E-state index contributed by atoms with van der Waals surface area (Å²) < 4.78 is 13.4. The third kappa shape index (κ3) is 4.89. The Balaban J connectivity index is 1.12. The predicted octanol–water partition coefficient (Wildman–Crippen LogP) is 4.62. The number of thiazole rings is 1. The van der Waals surface area contributed by atoms with Crippen LogP contribution in [0.4, 0.5) is 4.39 Å². The molecule has 166 valence electrons. The number of piperidine rings is 1. The number of hydrogen-bond donors (Lipinski definition) is 1. The Morgan fingerprint density at radius 1 is 1.16 bits per heavy atom. The highest BCUT2D eigenvalue weighted by molar-refractivity contribution is 7.11. The molecule has 0 unspecified atom stereocenters. The maximum atomic E-state index is 13.4. The van der Waals surface area contributed by atoms with Crippen molar-refractivity contribution in [3.05, 3.63) is 69.6 Å². The van der Waals surface area contributed by atoms with E-state index in [1.54, 1.807) is 30.5 Å². The van der Waals surface area contributed by atoms with E-state index in [1.165, 1.54) is 47.0 Å². The molecule has 1 aliphatic carbocycles. The molecule has 0 spiro atoms. The van der Waals surface area contributed by atoms with Gasteiger partial charge in [0.25, 0.3) is 5.91 Å². The van der Waals surface area contributed by atoms with Gasteiger partial charge in [0.2, 0.25) is 0 Å². The molecule has 32 heavy (non-hydrogen) atoms. The highest BCUT2D eigenvalue weighted by atomic mass is 32.1. The van der Waals surface area contributed by atoms with Crippen LogP contribution >= 0.6 is 11.3 Å². The molecule has 3 aromatic rings. The van der Waals surface area contributed by atoms with Crippen LogP contribution in [0.2, 0.25) is 0 Å². The maximum absolute atomic E-state index is 13.4. The van der Waals surface area contributed by atoms with E-state index >= 15 is 0 Å². The van der Waals surface area contributed by atoms with E-state index in [4.69, 9.17) is 4.98 Å². The minimum atomic E-state index is -0.299. The van der Waals surface area contributed by atoms with Gasteiger partial charge in [0.15, 0.2) is 0 Å². The SMILES string of the molecule is O=C(NC1CCN(Cc2nc3c(s2)CCCC3)CC1)c1ccc(-c2cccc(F)c2)nc1. The van der Waals surface area contributed by atoms with Crippen LogP contribution in [0.15, 0.2) is 42.6 Å². The monoisotopic (exact) mass is 450 g/mol. The van der Waals surface area contributed by atoms with Crippen molar-refractivity contribution in [1.29, 1.82) is 0 Å². The number of carbonyl (C=O) groups is 1. The zero-order valence-corrected chi connectivity index (χ0v) is 18.8. The number of pyridine rings is 1. The third-order valence-corrected chi connectivity index (χ3v) is 7.46. The summed E-state index contributed by atoms with van der Waals surface area (Å²) in [5.41, 5.74) is 3.21. The van der Waals surface area contributed by atoms with Crippen LogP contribution in [-0.4, -0.2) is 39.9 Å². The Kier molecular flexibility index (Phi) is 6.28. The second-order valence-corrected chi connectivity index (χ2v) is 9.82. The lowest BCUT2D eigenvalue weighted by molar-refractivity contribution is 0.0908. The molecule has 1 saturated heterocycles. The van der Waals surface area contributed by atoms with E-state index in [0.29, 0.717) is 16.8 Å². The number of fused-ring (bicyclic) bond motifs is 1. The molecule has 0 saturated carbocycles. The number of benzene rings is 1. The van der Waals surface area contributed by atoms with Crippen molar-refractivity contribution >= 4 is 17.2 Å². The number of halogens is 1. The molecular weight excluding hydrogens is 423 g/mol. The van der Waals surface area contributed by atoms with Gasteiger partial charge in [-0.1, -0.05) is 12.1 Å². The molecule has 1 aromatic carbocycles. The number of likely N-dealkylation sites (tertiary alicyclic amines) is 1. The average molecular weight is 451 g/mol. The molecular formula is C25H27FN4OS. The second kappa shape index (κ2) is 9.46. The highest BCUT2D eigenvalue weighted by Gasteiger charge is 2.23. The normalized spacial score (nSPS) is 17.2. The topological polar surface area (TPSA) is 58.1 Å². The first-order valence-electron chi connectivity index (χ1n) is 11.4.